The predicted molar refractivity (Wildman–Crippen MR) is 132 cm³/mol. The number of nitrogens with one attached hydrogen (secondary N) is 1. The van der Waals surface area contributed by atoms with Crippen molar-refractivity contribution in [2.24, 2.45) is 0 Å². The van der Waals surface area contributed by atoms with E-state index in [0.717, 1.165) is 49.5 Å². The number of nitrogens with zero attached hydrogens (tertiary/aromatic N) is 2. The van der Waals surface area contributed by atoms with Gasteiger partial charge in [0.05, 0.1) is 11.4 Å². The van der Waals surface area contributed by atoms with E-state index in [1.54, 1.807) is 23.7 Å². The molecule has 156 valence electrons. The maximum Gasteiger partial charge on any atom is 0.167 e. The van der Waals surface area contributed by atoms with Crippen molar-refractivity contribution in [3.63, 3.8) is 0 Å². The van der Waals surface area contributed by atoms with Crippen molar-refractivity contribution in [2.45, 2.75) is 13.3 Å². The third-order valence-electron chi connectivity index (χ3n) is 5.32. The molecule has 0 spiro atoms. The summed E-state index contributed by atoms with van der Waals surface area (Å²) in [6, 6.07) is 23.8. The highest BCUT2D eigenvalue weighted by atomic mass is 32.1. The zero-order chi connectivity index (χ0) is 21.9. The van der Waals surface area contributed by atoms with Gasteiger partial charge in [0.2, 0.25) is 0 Å². The van der Waals surface area contributed by atoms with Gasteiger partial charge in [-0.1, -0.05) is 35.9 Å². The van der Waals surface area contributed by atoms with Crippen LogP contribution in [0.25, 0.3) is 21.5 Å². The SMILES string of the molecule is Cc1cccc(C(=O)Cc2cccc(Nc3cc(-c4ccncc4)nc4sccc34)c2)c1. The van der Waals surface area contributed by atoms with Crippen molar-refractivity contribution in [1.29, 1.82) is 0 Å². The molecule has 5 rings (SSSR count). The van der Waals surface area contributed by atoms with Gasteiger partial charge < -0.3 is 5.32 Å². The van der Waals surface area contributed by atoms with Gasteiger partial charge in [-0.3, -0.25) is 9.78 Å². The summed E-state index contributed by atoms with van der Waals surface area (Å²) in [5.74, 6) is 0.120. The molecule has 4 nitrogen and oxygen atoms in total. The Morgan fingerprint density at radius 1 is 0.969 bits per heavy atom. The molecule has 0 aliphatic carbocycles. The Morgan fingerprint density at radius 2 is 1.81 bits per heavy atom. The van der Waals surface area contributed by atoms with E-state index in [2.05, 4.69) is 27.8 Å². The fraction of sp³-hybridized carbons (Fsp3) is 0.0741. The minimum Gasteiger partial charge on any atom is -0.355 e. The van der Waals surface area contributed by atoms with Gasteiger partial charge in [0.1, 0.15) is 4.83 Å². The second kappa shape index (κ2) is 8.73. The van der Waals surface area contributed by atoms with E-state index in [0.29, 0.717) is 6.42 Å². The van der Waals surface area contributed by atoms with Crippen LogP contribution in [0.3, 0.4) is 0 Å². The molecule has 2 aromatic carbocycles. The normalized spacial score (nSPS) is 10.9. The van der Waals surface area contributed by atoms with Crippen molar-refractivity contribution in [3.05, 3.63) is 107 Å². The van der Waals surface area contributed by atoms with Crippen molar-refractivity contribution in [1.82, 2.24) is 9.97 Å². The second-order valence-corrected chi connectivity index (χ2v) is 8.62. The molecule has 3 heterocycles. The first-order valence-corrected chi connectivity index (χ1v) is 11.3. The molecule has 0 bridgehead atoms. The maximum absolute atomic E-state index is 12.7. The second-order valence-electron chi connectivity index (χ2n) is 7.73. The van der Waals surface area contributed by atoms with Crippen LogP contribution in [0.2, 0.25) is 0 Å². The molecule has 0 aliphatic rings. The number of hydrogen-bond acceptors (Lipinski definition) is 5. The summed E-state index contributed by atoms with van der Waals surface area (Å²) in [5.41, 5.74) is 6.68. The number of carbonyl (C=O) groups is 1. The topological polar surface area (TPSA) is 54.9 Å². The largest absolute Gasteiger partial charge is 0.355 e. The molecular weight excluding hydrogens is 414 g/mol. The molecular formula is C27H21N3OS. The third kappa shape index (κ3) is 4.29. The molecule has 0 atom stereocenters. The lowest BCUT2D eigenvalue weighted by Crippen LogP contribution is -2.04. The van der Waals surface area contributed by atoms with Crippen LogP contribution in [-0.4, -0.2) is 15.8 Å². The first kappa shape index (κ1) is 20.1. The first-order chi connectivity index (χ1) is 15.7. The molecule has 0 radical (unpaired) electrons. The highest BCUT2D eigenvalue weighted by Gasteiger charge is 2.11. The number of pyridine rings is 2. The van der Waals surface area contributed by atoms with Gasteiger partial charge in [-0.15, -0.1) is 11.3 Å². The number of rotatable bonds is 6. The Hall–Kier alpha value is -3.83. The average Bonchev–Trinajstić information content (AvgIpc) is 3.29. The Labute approximate surface area is 190 Å². The number of Topliss-reactive ketones (excluding diaryl/α,β-unsaturated/α-hetero) is 1. The van der Waals surface area contributed by atoms with Gasteiger partial charge in [0, 0.05) is 41.0 Å². The smallest absolute Gasteiger partial charge is 0.167 e. The van der Waals surface area contributed by atoms with E-state index >= 15 is 0 Å². The van der Waals surface area contributed by atoms with E-state index < -0.39 is 0 Å². The number of ketones is 1. The standard InChI is InChI=1S/C27H21N3OS/c1-18-4-2-6-21(14-18)26(31)16-19-5-3-7-22(15-19)29-25-17-24(20-8-11-28-12-9-20)30-27-23(25)10-13-32-27/h2-15,17H,16H2,1H3,(H,29,30). The Morgan fingerprint density at radius 3 is 2.66 bits per heavy atom. The van der Waals surface area contributed by atoms with Crippen molar-refractivity contribution in [2.75, 3.05) is 5.32 Å². The summed E-state index contributed by atoms with van der Waals surface area (Å²) in [6.45, 7) is 2.00. The van der Waals surface area contributed by atoms with Crippen LogP contribution in [0.5, 0.6) is 0 Å². The van der Waals surface area contributed by atoms with Crippen LogP contribution in [0.1, 0.15) is 21.5 Å². The van der Waals surface area contributed by atoms with Gasteiger partial charge in [0.25, 0.3) is 0 Å². The summed E-state index contributed by atoms with van der Waals surface area (Å²) in [4.78, 5) is 22.6. The number of carbonyl (C=O) groups excluding carboxylic acids is 1. The van der Waals surface area contributed by atoms with E-state index in [9.17, 15) is 4.79 Å². The highest BCUT2D eigenvalue weighted by molar-refractivity contribution is 7.16. The molecule has 5 heteroatoms. The highest BCUT2D eigenvalue weighted by Crippen LogP contribution is 2.33. The van der Waals surface area contributed by atoms with Crippen molar-refractivity contribution in [3.8, 4) is 11.3 Å². The lowest BCUT2D eigenvalue weighted by Gasteiger charge is -2.12. The van der Waals surface area contributed by atoms with Gasteiger partial charge in [-0.25, -0.2) is 4.98 Å². The number of hydrogen-bond donors (Lipinski definition) is 1. The van der Waals surface area contributed by atoms with Crippen LogP contribution < -0.4 is 5.32 Å². The Bertz CT molecular complexity index is 1410. The summed E-state index contributed by atoms with van der Waals surface area (Å²) in [5, 5.41) is 6.67. The Balaban J connectivity index is 1.43. The van der Waals surface area contributed by atoms with Crippen LogP contribution in [-0.2, 0) is 6.42 Å². The zero-order valence-electron chi connectivity index (χ0n) is 17.6. The van der Waals surface area contributed by atoms with Crippen LogP contribution in [0, 0.1) is 6.92 Å². The van der Waals surface area contributed by atoms with Crippen LogP contribution in [0.15, 0.2) is 90.6 Å². The van der Waals surface area contributed by atoms with E-state index in [-0.39, 0.29) is 5.78 Å². The molecule has 0 saturated heterocycles. The quantitative estimate of drug-likeness (QED) is 0.297. The molecule has 0 saturated carbocycles. The number of thiophene rings is 1. The van der Waals surface area contributed by atoms with Gasteiger partial charge in [0.15, 0.2) is 5.78 Å². The zero-order valence-corrected chi connectivity index (χ0v) is 18.4. The fourth-order valence-electron chi connectivity index (χ4n) is 3.74. The van der Waals surface area contributed by atoms with Gasteiger partial charge >= 0.3 is 0 Å². The Kier molecular flexibility index (Phi) is 5.48. The minimum atomic E-state index is 0.120. The summed E-state index contributed by atoms with van der Waals surface area (Å²) in [6.07, 6.45) is 3.92. The first-order valence-electron chi connectivity index (χ1n) is 10.4. The maximum atomic E-state index is 12.7. The fourth-order valence-corrected chi connectivity index (χ4v) is 4.53. The van der Waals surface area contributed by atoms with Crippen LogP contribution in [0.4, 0.5) is 11.4 Å². The lowest BCUT2D eigenvalue weighted by atomic mass is 10.0. The lowest BCUT2D eigenvalue weighted by molar-refractivity contribution is 0.0993. The summed E-state index contributed by atoms with van der Waals surface area (Å²) in [7, 11) is 0. The molecule has 3 aromatic heterocycles. The van der Waals surface area contributed by atoms with Gasteiger partial charge in [-0.05, 0) is 60.3 Å². The van der Waals surface area contributed by atoms with E-state index in [1.807, 2.05) is 67.6 Å². The summed E-state index contributed by atoms with van der Waals surface area (Å²) >= 11 is 1.62. The predicted octanol–water partition coefficient (Wildman–Crippen LogP) is 6.84. The number of aryl methyl sites for hydroxylation is 1. The van der Waals surface area contributed by atoms with E-state index in [1.165, 1.54) is 0 Å². The van der Waals surface area contributed by atoms with Crippen LogP contribution >= 0.6 is 11.3 Å². The minimum absolute atomic E-state index is 0.120. The van der Waals surface area contributed by atoms with E-state index in [4.69, 9.17) is 4.98 Å². The van der Waals surface area contributed by atoms with Crippen molar-refractivity contribution >= 4 is 38.7 Å². The monoisotopic (exact) mass is 435 g/mol. The molecule has 0 unspecified atom stereocenters. The number of aromatic nitrogens is 2. The molecule has 0 aliphatic heterocycles. The summed E-state index contributed by atoms with van der Waals surface area (Å²) < 4.78 is 0. The number of anilines is 2. The average molecular weight is 436 g/mol. The molecule has 32 heavy (non-hydrogen) atoms. The van der Waals surface area contributed by atoms with Crippen molar-refractivity contribution < 1.29 is 4.79 Å². The number of fused-ring (bicyclic) bond motifs is 1. The molecule has 5 aromatic rings. The molecule has 0 fully saturated rings. The third-order valence-corrected chi connectivity index (χ3v) is 6.13. The molecule has 0 amide bonds. The molecule has 1 N–H and O–H groups in total. The number of benzene rings is 2. The van der Waals surface area contributed by atoms with Gasteiger partial charge in [-0.2, -0.15) is 0 Å².